The van der Waals surface area contributed by atoms with Gasteiger partial charge >= 0.3 is 0 Å². The van der Waals surface area contributed by atoms with Crippen molar-refractivity contribution in [3.8, 4) is 0 Å². The lowest BCUT2D eigenvalue weighted by Gasteiger charge is -2.03. The van der Waals surface area contributed by atoms with E-state index in [9.17, 15) is 9.18 Å². The van der Waals surface area contributed by atoms with E-state index in [2.05, 4.69) is 10.1 Å². The Balaban J connectivity index is 2.38. The number of hydrogen-bond donors (Lipinski definition) is 0. The molecule has 1 aromatic heterocycles. The van der Waals surface area contributed by atoms with Crippen LogP contribution in [0.5, 0.6) is 0 Å². The quantitative estimate of drug-likeness (QED) is 0.765. The molecule has 0 N–H and O–H groups in total. The van der Waals surface area contributed by atoms with Crippen LogP contribution in [-0.4, -0.2) is 21.1 Å². The third-order valence-electron chi connectivity index (χ3n) is 2.00. The van der Waals surface area contributed by atoms with E-state index in [-0.39, 0.29) is 5.56 Å². The summed E-state index contributed by atoms with van der Waals surface area (Å²) in [4.78, 5) is 15.3. The Bertz CT molecular complexity index is 527. The number of aldehydes is 1. The average Bonchev–Trinajstić information content (AvgIpc) is 2.65. The predicted molar refractivity (Wildman–Crippen MR) is 56.9 cm³/mol. The van der Waals surface area contributed by atoms with Crippen LogP contribution in [0, 0.1) is 5.82 Å². The lowest BCUT2D eigenvalue weighted by Crippen LogP contribution is -1.95. The second-order valence-electron chi connectivity index (χ2n) is 3.04. The third kappa shape index (κ3) is 1.96. The highest BCUT2D eigenvalue weighted by atomic mass is 32.2. The van der Waals surface area contributed by atoms with E-state index in [0.717, 1.165) is 0 Å². The van der Waals surface area contributed by atoms with Crippen molar-refractivity contribution in [1.82, 2.24) is 14.8 Å². The van der Waals surface area contributed by atoms with Gasteiger partial charge in [0.1, 0.15) is 12.1 Å². The fraction of sp³-hybridized carbons (Fsp3) is 0.100. The van der Waals surface area contributed by atoms with Gasteiger partial charge in [-0.25, -0.2) is 14.1 Å². The molecule has 4 nitrogen and oxygen atoms in total. The second-order valence-corrected chi connectivity index (χ2v) is 4.05. The number of aryl methyl sites for hydroxylation is 1. The second kappa shape index (κ2) is 4.44. The monoisotopic (exact) mass is 237 g/mol. The van der Waals surface area contributed by atoms with Gasteiger partial charge in [0, 0.05) is 11.9 Å². The van der Waals surface area contributed by atoms with Gasteiger partial charge < -0.3 is 0 Å². The van der Waals surface area contributed by atoms with Crippen molar-refractivity contribution in [3.63, 3.8) is 0 Å². The van der Waals surface area contributed by atoms with Gasteiger partial charge in [-0.3, -0.25) is 4.79 Å². The van der Waals surface area contributed by atoms with Crippen LogP contribution in [0.1, 0.15) is 10.4 Å². The van der Waals surface area contributed by atoms with Crippen LogP contribution in [0.3, 0.4) is 0 Å². The Morgan fingerprint density at radius 1 is 1.50 bits per heavy atom. The first kappa shape index (κ1) is 10.8. The third-order valence-corrected chi connectivity index (χ3v) is 3.13. The lowest BCUT2D eigenvalue weighted by molar-refractivity contribution is 0.111. The molecule has 0 bridgehead atoms. The zero-order valence-electron chi connectivity index (χ0n) is 8.42. The van der Waals surface area contributed by atoms with Gasteiger partial charge in [-0.05, 0) is 23.9 Å². The SMILES string of the molecule is Cn1ncnc1Sc1cccc(F)c1C=O. The highest BCUT2D eigenvalue weighted by molar-refractivity contribution is 7.99. The molecule has 0 aliphatic heterocycles. The number of benzene rings is 1. The van der Waals surface area contributed by atoms with Gasteiger partial charge in [0.15, 0.2) is 11.4 Å². The van der Waals surface area contributed by atoms with Gasteiger partial charge in [0.05, 0.1) is 5.56 Å². The topological polar surface area (TPSA) is 47.8 Å². The molecule has 0 fully saturated rings. The molecule has 0 atom stereocenters. The summed E-state index contributed by atoms with van der Waals surface area (Å²) in [7, 11) is 1.73. The predicted octanol–water partition coefficient (Wildman–Crippen LogP) is 1.92. The molecule has 1 heterocycles. The number of hydrogen-bond acceptors (Lipinski definition) is 4. The largest absolute Gasteiger partial charge is 0.298 e. The molecule has 2 aromatic rings. The highest BCUT2D eigenvalue weighted by Crippen LogP contribution is 2.28. The number of carbonyl (C=O) groups is 1. The number of carbonyl (C=O) groups excluding carboxylic acids is 1. The first-order valence-electron chi connectivity index (χ1n) is 4.48. The highest BCUT2D eigenvalue weighted by Gasteiger charge is 2.11. The Kier molecular flexibility index (Phi) is 3.00. The maximum Gasteiger partial charge on any atom is 0.190 e. The van der Waals surface area contributed by atoms with Crippen molar-refractivity contribution < 1.29 is 9.18 Å². The molecule has 0 aliphatic rings. The first-order valence-corrected chi connectivity index (χ1v) is 5.29. The van der Waals surface area contributed by atoms with Gasteiger partial charge in [0.2, 0.25) is 0 Å². The van der Waals surface area contributed by atoms with E-state index < -0.39 is 5.82 Å². The van der Waals surface area contributed by atoms with Crippen LogP contribution in [-0.2, 0) is 7.05 Å². The molecule has 0 saturated heterocycles. The fourth-order valence-electron chi connectivity index (χ4n) is 1.20. The van der Waals surface area contributed by atoms with Crippen molar-refractivity contribution in [2.24, 2.45) is 7.05 Å². The number of nitrogens with zero attached hydrogens (tertiary/aromatic N) is 3. The van der Waals surface area contributed by atoms with Crippen molar-refractivity contribution in [1.29, 1.82) is 0 Å². The molecule has 0 saturated carbocycles. The molecule has 0 aliphatic carbocycles. The van der Waals surface area contributed by atoms with Crippen LogP contribution < -0.4 is 0 Å². The van der Waals surface area contributed by atoms with Crippen LogP contribution in [0.15, 0.2) is 34.6 Å². The average molecular weight is 237 g/mol. The minimum Gasteiger partial charge on any atom is -0.298 e. The Labute approximate surface area is 95.5 Å². The molecule has 82 valence electrons. The number of halogens is 1. The molecule has 6 heteroatoms. The smallest absolute Gasteiger partial charge is 0.190 e. The zero-order chi connectivity index (χ0) is 11.5. The summed E-state index contributed by atoms with van der Waals surface area (Å²) >= 11 is 1.20. The van der Waals surface area contributed by atoms with Gasteiger partial charge in [-0.1, -0.05) is 6.07 Å². The molecule has 0 unspecified atom stereocenters. The van der Waals surface area contributed by atoms with Crippen molar-refractivity contribution in [2.45, 2.75) is 10.1 Å². The van der Waals surface area contributed by atoms with Crippen molar-refractivity contribution >= 4 is 18.0 Å². The van der Waals surface area contributed by atoms with Crippen LogP contribution >= 0.6 is 11.8 Å². The standard InChI is InChI=1S/C10H8FN3OS/c1-14-10(12-6-13-14)16-9-4-2-3-8(11)7(9)5-15/h2-6H,1H3. The number of rotatable bonds is 3. The minimum atomic E-state index is -0.526. The normalized spacial score (nSPS) is 10.4. The van der Waals surface area contributed by atoms with Crippen molar-refractivity contribution in [3.05, 3.63) is 35.9 Å². The Hall–Kier alpha value is -1.69. The van der Waals surface area contributed by atoms with Crippen molar-refractivity contribution in [2.75, 3.05) is 0 Å². The van der Waals surface area contributed by atoms with Crippen LogP contribution in [0.2, 0.25) is 0 Å². The zero-order valence-corrected chi connectivity index (χ0v) is 9.24. The molecule has 1 aromatic carbocycles. The van der Waals surface area contributed by atoms with E-state index in [4.69, 9.17) is 0 Å². The van der Waals surface area contributed by atoms with E-state index in [0.29, 0.717) is 16.3 Å². The molecule has 16 heavy (non-hydrogen) atoms. The fourth-order valence-corrected chi connectivity index (χ4v) is 2.07. The molecule has 0 spiro atoms. The van der Waals surface area contributed by atoms with E-state index in [1.165, 1.54) is 24.2 Å². The summed E-state index contributed by atoms with van der Waals surface area (Å²) in [5.41, 5.74) is 0.0514. The van der Waals surface area contributed by atoms with Gasteiger partial charge in [0.25, 0.3) is 0 Å². The first-order chi connectivity index (χ1) is 7.72. The maximum absolute atomic E-state index is 13.3. The molecule has 0 amide bonds. The Morgan fingerprint density at radius 3 is 2.94 bits per heavy atom. The van der Waals surface area contributed by atoms with Crippen LogP contribution in [0.25, 0.3) is 0 Å². The minimum absolute atomic E-state index is 0.0514. The Morgan fingerprint density at radius 2 is 2.31 bits per heavy atom. The summed E-state index contributed by atoms with van der Waals surface area (Å²) in [5, 5.41) is 4.50. The number of aromatic nitrogens is 3. The molecule has 2 rings (SSSR count). The van der Waals surface area contributed by atoms with E-state index in [1.807, 2.05) is 0 Å². The molecular weight excluding hydrogens is 229 g/mol. The molecule has 0 radical (unpaired) electrons. The maximum atomic E-state index is 13.3. The summed E-state index contributed by atoms with van der Waals surface area (Å²) in [6.45, 7) is 0. The lowest BCUT2D eigenvalue weighted by atomic mass is 10.2. The summed E-state index contributed by atoms with van der Waals surface area (Å²) in [5.74, 6) is -0.526. The van der Waals surface area contributed by atoms with E-state index in [1.54, 1.807) is 23.9 Å². The van der Waals surface area contributed by atoms with Gasteiger partial charge in [-0.15, -0.1) is 0 Å². The summed E-state index contributed by atoms with van der Waals surface area (Å²) < 4.78 is 14.9. The van der Waals surface area contributed by atoms with E-state index >= 15 is 0 Å². The van der Waals surface area contributed by atoms with Gasteiger partial charge in [-0.2, -0.15) is 5.10 Å². The summed E-state index contributed by atoms with van der Waals surface area (Å²) in [6, 6.07) is 4.48. The summed E-state index contributed by atoms with van der Waals surface area (Å²) in [6.07, 6.45) is 1.91. The molecular formula is C10H8FN3OS. The van der Waals surface area contributed by atoms with Crippen LogP contribution in [0.4, 0.5) is 4.39 Å².